The zero-order chi connectivity index (χ0) is 20.5. The van der Waals surface area contributed by atoms with Crippen LogP contribution in [0.25, 0.3) is 16.8 Å². The van der Waals surface area contributed by atoms with Crippen molar-refractivity contribution in [1.82, 2.24) is 24.7 Å². The highest BCUT2D eigenvalue weighted by atomic mass is 16.5. The zero-order valence-electron chi connectivity index (χ0n) is 16.4. The fourth-order valence-electron chi connectivity index (χ4n) is 3.18. The number of rotatable bonds is 7. The van der Waals surface area contributed by atoms with Crippen LogP contribution in [-0.2, 0) is 11.2 Å². The molecule has 9 heteroatoms. The number of amides is 1. The Bertz CT molecular complexity index is 1190. The number of nitrogens with zero attached hydrogens (tertiary/aromatic N) is 5. The van der Waals surface area contributed by atoms with Crippen molar-refractivity contribution in [3.63, 3.8) is 0 Å². The first-order valence-corrected chi connectivity index (χ1v) is 9.84. The van der Waals surface area contributed by atoms with E-state index in [1.807, 2.05) is 42.6 Å². The summed E-state index contributed by atoms with van der Waals surface area (Å²) in [7, 11) is 0. The number of ether oxygens (including phenoxy) is 1. The number of carbonyl (C=O) groups excluding carboxylic acids is 1. The van der Waals surface area contributed by atoms with Gasteiger partial charge in [0.25, 0.3) is 0 Å². The predicted octanol–water partition coefficient (Wildman–Crippen LogP) is 3.06. The monoisotopic (exact) mass is 404 g/mol. The summed E-state index contributed by atoms with van der Waals surface area (Å²) in [5.74, 6) is 2.36. The lowest BCUT2D eigenvalue weighted by molar-refractivity contribution is -0.117. The third-order valence-corrected chi connectivity index (χ3v) is 4.87. The molecule has 1 saturated carbocycles. The van der Waals surface area contributed by atoms with E-state index in [0.717, 1.165) is 29.7 Å². The van der Waals surface area contributed by atoms with E-state index >= 15 is 0 Å². The van der Waals surface area contributed by atoms with Crippen LogP contribution in [0.1, 0.15) is 24.6 Å². The number of aromatic nitrogens is 5. The normalized spacial score (nSPS) is 13.5. The van der Waals surface area contributed by atoms with Crippen LogP contribution in [0.5, 0.6) is 5.75 Å². The molecule has 1 N–H and O–H groups in total. The molecule has 0 bridgehead atoms. The second kappa shape index (κ2) is 7.58. The van der Waals surface area contributed by atoms with Gasteiger partial charge in [0.2, 0.25) is 17.7 Å². The molecule has 0 unspecified atom stereocenters. The van der Waals surface area contributed by atoms with Gasteiger partial charge < -0.3 is 9.26 Å². The number of carbonyl (C=O) groups is 1. The summed E-state index contributed by atoms with van der Waals surface area (Å²) >= 11 is 0. The molecule has 30 heavy (non-hydrogen) atoms. The Kier molecular flexibility index (Phi) is 4.62. The van der Waals surface area contributed by atoms with Gasteiger partial charge in [0.15, 0.2) is 11.5 Å². The molecule has 1 aromatic carbocycles. The van der Waals surface area contributed by atoms with Gasteiger partial charge in [-0.15, -0.1) is 5.10 Å². The summed E-state index contributed by atoms with van der Waals surface area (Å²) < 4.78 is 12.4. The Morgan fingerprint density at radius 3 is 2.80 bits per heavy atom. The molecule has 1 fully saturated rings. The maximum absolute atomic E-state index is 12.0. The van der Waals surface area contributed by atoms with E-state index in [1.165, 1.54) is 0 Å². The lowest BCUT2D eigenvalue weighted by Crippen LogP contribution is -2.14. The Balaban J connectivity index is 1.29. The Morgan fingerprint density at radius 1 is 1.23 bits per heavy atom. The number of hydrogen-bond acceptors (Lipinski definition) is 7. The summed E-state index contributed by atoms with van der Waals surface area (Å²) in [6.07, 6.45) is 4.27. The van der Waals surface area contributed by atoms with E-state index in [2.05, 4.69) is 25.5 Å². The van der Waals surface area contributed by atoms with E-state index in [0.29, 0.717) is 36.3 Å². The molecule has 1 aliphatic carbocycles. The second-order valence-corrected chi connectivity index (χ2v) is 7.24. The number of hydrogen-bond donors (Lipinski definition) is 1. The quantitative estimate of drug-likeness (QED) is 0.504. The molecule has 152 valence electrons. The molecule has 0 radical (unpaired) electrons. The van der Waals surface area contributed by atoms with Crippen LogP contribution in [-0.4, -0.2) is 37.3 Å². The number of aryl methyl sites for hydroxylation is 1. The Morgan fingerprint density at radius 2 is 2.07 bits per heavy atom. The SMILES string of the molecule is Cc1nc(CCOc2ccc(-c3cccn4nc(NC(=O)C5CC5)nc34)cc2)no1. The molecule has 4 aromatic rings. The summed E-state index contributed by atoms with van der Waals surface area (Å²) in [5.41, 5.74) is 2.59. The molecule has 0 aliphatic heterocycles. The molecule has 1 amide bonds. The van der Waals surface area contributed by atoms with Crippen LogP contribution in [0.4, 0.5) is 5.95 Å². The maximum Gasteiger partial charge on any atom is 0.249 e. The molecule has 3 aromatic heterocycles. The predicted molar refractivity (Wildman–Crippen MR) is 108 cm³/mol. The van der Waals surface area contributed by atoms with Crippen LogP contribution in [0.2, 0.25) is 0 Å². The molecule has 0 spiro atoms. The highest BCUT2D eigenvalue weighted by Crippen LogP contribution is 2.30. The third-order valence-electron chi connectivity index (χ3n) is 4.87. The average Bonchev–Trinajstić information content (AvgIpc) is 3.40. The van der Waals surface area contributed by atoms with Gasteiger partial charge in [0.1, 0.15) is 5.75 Å². The van der Waals surface area contributed by atoms with Crippen molar-refractivity contribution >= 4 is 17.5 Å². The summed E-state index contributed by atoms with van der Waals surface area (Å²) in [5, 5.41) is 11.0. The minimum Gasteiger partial charge on any atom is -0.493 e. The smallest absolute Gasteiger partial charge is 0.249 e. The minimum atomic E-state index is -0.00932. The van der Waals surface area contributed by atoms with Gasteiger partial charge in [0.05, 0.1) is 6.61 Å². The average molecular weight is 404 g/mol. The number of pyridine rings is 1. The Labute approximate surface area is 172 Å². The van der Waals surface area contributed by atoms with E-state index in [4.69, 9.17) is 9.26 Å². The number of anilines is 1. The standard InChI is InChI=1S/C21H20N6O3/c1-13-22-18(26-30-13)10-12-29-16-8-6-14(7-9-16)17-3-2-11-27-19(17)23-21(25-27)24-20(28)15-4-5-15/h2-3,6-9,11,15H,4-5,10,12H2,1H3,(H,24,25,28). The first-order valence-electron chi connectivity index (χ1n) is 9.84. The van der Waals surface area contributed by atoms with Crippen molar-refractivity contribution in [2.45, 2.75) is 26.2 Å². The second-order valence-electron chi connectivity index (χ2n) is 7.24. The van der Waals surface area contributed by atoms with Crippen molar-refractivity contribution in [3.05, 3.63) is 54.3 Å². The first kappa shape index (κ1) is 18.3. The van der Waals surface area contributed by atoms with Gasteiger partial charge in [-0.05, 0) is 42.7 Å². The van der Waals surface area contributed by atoms with Gasteiger partial charge in [-0.2, -0.15) is 9.97 Å². The Hall–Kier alpha value is -3.75. The molecule has 5 rings (SSSR count). The maximum atomic E-state index is 12.0. The summed E-state index contributed by atoms with van der Waals surface area (Å²) in [6.45, 7) is 2.22. The van der Waals surface area contributed by atoms with Gasteiger partial charge in [-0.25, -0.2) is 4.52 Å². The van der Waals surface area contributed by atoms with Crippen LogP contribution in [0, 0.1) is 12.8 Å². The zero-order valence-corrected chi connectivity index (χ0v) is 16.4. The van der Waals surface area contributed by atoms with E-state index < -0.39 is 0 Å². The van der Waals surface area contributed by atoms with Crippen LogP contribution in [0.3, 0.4) is 0 Å². The van der Waals surface area contributed by atoms with Gasteiger partial charge in [-0.1, -0.05) is 17.3 Å². The van der Waals surface area contributed by atoms with Crippen LogP contribution < -0.4 is 10.1 Å². The largest absolute Gasteiger partial charge is 0.493 e. The van der Waals surface area contributed by atoms with Crippen molar-refractivity contribution in [1.29, 1.82) is 0 Å². The highest BCUT2D eigenvalue weighted by Gasteiger charge is 2.30. The van der Waals surface area contributed by atoms with Crippen molar-refractivity contribution in [2.75, 3.05) is 11.9 Å². The van der Waals surface area contributed by atoms with Crippen molar-refractivity contribution < 1.29 is 14.1 Å². The minimum absolute atomic E-state index is 0.00932. The fraction of sp³-hybridized carbons (Fsp3) is 0.286. The molecular formula is C21H20N6O3. The highest BCUT2D eigenvalue weighted by molar-refractivity contribution is 5.93. The van der Waals surface area contributed by atoms with Gasteiger partial charge in [-0.3, -0.25) is 10.1 Å². The molecule has 0 atom stereocenters. The van der Waals surface area contributed by atoms with Crippen LogP contribution in [0.15, 0.2) is 47.1 Å². The lowest BCUT2D eigenvalue weighted by Gasteiger charge is -2.07. The number of benzene rings is 1. The lowest BCUT2D eigenvalue weighted by atomic mass is 10.1. The fourth-order valence-corrected chi connectivity index (χ4v) is 3.18. The van der Waals surface area contributed by atoms with E-state index in [9.17, 15) is 4.79 Å². The van der Waals surface area contributed by atoms with Gasteiger partial charge >= 0.3 is 0 Å². The molecule has 3 heterocycles. The topological polar surface area (TPSA) is 107 Å². The number of fused-ring (bicyclic) bond motifs is 1. The third kappa shape index (κ3) is 3.86. The summed E-state index contributed by atoms with van der Waals surface area (Å²) in [6, 6.07) is 11.6. The molecule has 1 aliphatic rings. The first-order chi connectivity index (χ1) is 14.7. The van der Waals surface area contributed by atoms with E-state index in [-0.39, 0.29) is 11.8 Å². The van der Waals surface area contributed by atoms with Crippen molar-refractivity contribution in [3.8, 4) is 16.9 Å². The van der Waals surface area contributed by atoms with Crippen molar-refractivity contribution in [2.24, 2.45) is 5.92 Å². The van der Waals surface area contributed by atoms with E-state index in [1.54, 1.807) is 11.4 Å². The molecule has 9 nitrogen and oxygen atoms in total. The van der Waals surface area contributed by atoms with Gasteiger partial charge in [0, 0.05) is 31.0 Å². The molecular weight excluding hydrogens is 384 g/mol. The summed E-state index contributed by atoms with van der Waals surface area (Å²) in [4.78, 5) is 20.7. The number of nitrogens with one attached hydrogen (secondary N) is 1. The molecule has 0 saturated heterocycles. The van der Waals surface area contributed by atoms with Crippen LogP contribution >= 0.6 is 0 Å².